The fourth-order valence-electron chi connectivity index (χ4n) is 2.07. The molecule has 0 aromatic heterocycles. The molecule has 1 aliphatic rings. The van der Waals surface area contributed by atoms with Gasteiger partial charge in [-0.2, -0.15) is 0 Å². The number of hydrogen-bond donors (Lipinski definition) is 1. The minimum Gasteiger partial charge on any atom is -0.314 e. The Morgan fingerprint density at radius 2 is 1.94 bits per heavy atom. The third kappa shape index (κ3) is 2.97. The van der Waals surface area contributed by atoms with Crippen LogP contribution in [0.2, 0.25) is 0 Å². The molecule has 1 saturated heterocycles. The topological polar surface area (TPSA) is 35.6 Å². The van der Waals surface area contributed by atoms with Crippen LogP contribution >= 0.6 is 0 Å². The first kappa shape index (κ1) is 12.8. The third-order valence-corrected chi connectivity index (χ3v) is 2.89. The van der Waals surface area contributed by atoms with Gasteiger partial charge in [0.2, 0.25) is 0 Å². The first-order valence-corrected chi connectivity index (χ1v) is 6.30. The van der Waals surface area contributed by atoms with Gasteiger partial charge in [0.25, 0.3) is 5.91 Å². The summed E-state index contributed by atoms with van der Waals surface area (Å²) in [6.07, 6.45) is 3.38. The molecule has 4 nitrogen and oxygen atoms in total. The Bertz CT molecular complexity index is 410. The molecule has 1 fully saturated rings. The number of para-hydroxylation sites is 1. The van der Waals surface area contributed by atoms with E-state index in [9.17, 15) is 4.79 Å². The number of nitrogens with one attached hydrogen (secondary N) is 1. The largest absolute Gasteiger partial charge is 0.314 e. The molecule has 1 N–H and O–H groups in total. The first-order chi connectivity index (χ1) is 8.83. The second-order valence-electron chi connectivity index (χ2n) is 4.19. The molecule has 0 radical (unpaired) electrons. The summed E-state index contributed by atoms with van der Waals surface area (Å²) in [6, 6.07) is 9.79. The van der Waals surface area contributed by atoms with E-state index >= 15 is 0 Å². The third-order valence-electron chi connectivity index (χ3n) is 2.89. The summed E-state index contributed by atoms with van der Waals surface area (Å²) >= 11 is 0. The van der Waals surface area contributed by atoms with E-state index in [0.29, 0.717) is 0 Å². The average Bonchev–Trinajstić information content (AvgIpc) is 2.42. The number of carbonyl (C=O) groups is 1. The number of amides is 1. The lowest BCUT2D eigenvalue weighted by atomic mass is 10.3. The lowest BCUT2D eigenvalue weighted by Crippen LogP contribution is -2.54. The van der Waals surface area contributed by atoms with Crippen molar-refractivity contribution in [2.24, 2.45) is 0 Å². The predicted octanol–water partition coefficient (Wildman–Crippen LogP) is 1.42. The van der Waals surface area contributed by atoms with Gasteiger partial charge in [-0.15, -0.1) is 0 Å². The maximum absolute atomic E-state index is 12.2. The SMILES string of the molecule is CC=CC(=O)N(c1ccccc1)N1CCNCC1. The fraction of sp³-hybridized carbons (Fsp3) is 0.357. The highest BCUT2D eigenvalue weighted by molar-refractivity contribution is 6.00. The van der Waals surface area contributed by atoms with Crippen LogP contribution in [0.15, 0.2) is 42.5 Å². The van der Waals surface area contributed by atoms with Crippen molar-refractivity contribution >= 4 is 11.6 Å². The van der Waals surface area contributed by atoms with Crippen LogP contribution in [0, 0.1) is 0 Å². The van der Waals surface area contributed by atoms with Crippen molar-refractivity contribution in [3.05, 3.63) is 42.5 Å². The fourth-order valence-corrected chi connectivity index (χ4v) is 2.07. The van der Waals surface area contributed by atoms with Gasteiger partial charge in [0, 0.05) is 32.3 Å². The van der Waals surface area contributed by atoms with Crippen molar-refractivity contribution in [3.63, 3.8) is 0 Å². The Hall–Kier alpha value is -1.65. The maximum Gasteiger partial charge on any atom is 0.265 e. The molecular weight excluding hydrogens is 226 g/mol. The van der Waals surface area contributed by atoms with E-state index in [2.05, 4.69) is 10.3 Å². The molecule has 1 aliphatic heterocycles. The predicted molar refractivity (Wildman–Crippen MR) is 73.2 cm³/mol. The van der Waals surface area contributed by atoms with E-state index in [1.807, 2.05) is 37.3 Å². The molecule has 0 saturated carbocycles. The standard InChI is InChI=1S/C14H19N3O/c1-2-6-14(18)17(13-7-4-3-5-8-13)16-11-9-15-10-12-16/h2-8,15H,9-12H2,1H3. The highest BCUT2D eigenvalue weighted by Crippen LogP contribution is 2.17. The first-order valence-electron chi connectivity index (χ1n) is 6.30. The summed E-state index contributed by atoms with van der Waals surface area (Å²) in [5.41, 5.74) is 0.919. The monoisotopic (exact) mass is 245 g/mol. The molecular formula is C14H19N3O. The molecule has 0 aliphatic carbocycles. The number of piperazine rings is 1. The molecule has 0 spiro atoms. The van der Waals surface area contributed by atoms with E-state index in [0.717, 1.165) is 31.9 Å². The molecule has 1 heterocycles. The number of allylic oxidation sites excluding steroid dienone is 1. The molecule has 0 atom stereocenters. The van der Waals surface area contributed by atoms with Crippen molar-refractivity contribution in [1.29, 1.82) is 0 Å². The second-order valence-corrected chi connectivity index (χ2v) is 4.19. The molecule has 18 heavy (non-hydrogen) atoms. The lowest BCUT2D eigenvalue weighted by molar-refractivity contribution is -0.117. The number of hydrazine groups is 1. The number of rotatable bonds is 3. The van der Waals surface area contributed by atoms with Gasteiger partial charge < -0.3 is 5.32 Å². The lowest BCUT2D eigenvalue weighted by Gasteiger charge is -2.37. The van der Waals surface area contributed by atoms with Crippen LogP contribution in [-0.2, 0) is 4.79 Å². The van der Waals surface area contributed by atoms with E-state index in [1.54, 1.807) is 17.2 Å². The van der Waals surface area contributed by atoms with Gasteiger partial charge in [0.05, 0.1) is 5.69 Å². The zero-order valence-corrected chi connectivity index (χ0v) is 10.7. The number of carbonyl (C=O) groups excluding carboxylic acids is 1. The Morgan fingerprint density at radius 3 is 2.56 bits per heavy atom. The maximum atomic E-state index is 12.2. The van der Waals surface area contributed by atoms with Crippen molar-refractivity contribution < 1.29 is 4.79 Å². The van der Waals surface area contributed by atoms with E-state index < -0.39 is 0 Å². The summed E-state index contributed by atoms with van der Waals surface area (Å²) in [7, 11) is 0. The Morgan fingerprint density at radius 1 is 1.28 bits per heavy atom. The van der Waals surface area contributed by atoms with Gasteiger partial charge in [-0.3, -0.25) is 4.79 Å². The van der Waals surface area contributed by atoms with Crippen LogP contribution in [0.5, 0.6) is 0 Å². The van der Waals surface area contributed by atoms with Crippen LogP contribution in [-0.4, -0.2) is 37.1 Å². The molecule has 4 heteroatoms. The molecule has 96 valence electrons. The van der Waals surface area contributed by atoms with Gasteiger partial charge in [-0.1, -0.05) is 24.3 Å². The summed E-state index contributed by atoms with van der Waals surface area (Å²) in [4.78, 5) is 12.2. The normalized spacial score (nSPS) is 16.9. The zero-order chi connectivity index (χ0) is 12.8. The highest BCUT2D eigenvalue weighted by atomic mass is 16.2. The summed E-state index contributed by atoms with van der Waals surface area (Å²) in [5, 5.41) is 7.15. The molecule has 2 rings (SSSR count). The van der Waals surface area contributed by atoms with Gasteiger partial charge in [0.15, 0.2) is 0 Å². The van der Waals surface area contributed by atoms with Crippen LogP contribution in [0.4, 0.5) is 5.69 Å². The Balaban J connectivity index is 2.24. The zero-order valence-electron chi connectivity index (χ0n) is 10.7. The average molecular weight is 245 g/mol. The molecule has 0 bridgehead atoms. The number of nitrogens with zero attached hydrogens (tertiary/aromatic N) is 2. The van der Waals surface area contributed by atoms with E-state index in [1.165, 1.54) is 0 Å². The van der Waals surface area contributed by atoms with E-state index in [-0.39, 0.29) is 5.91 Å². The minimum absolute atomic E-state index is 0.00519. The van der Waals surface area contributed by atoms with Crippen molar-refractivity contribution in [3.8, 4) is 0 Å². The summed E-state index contributed by atoms with van der Waals surface area (Å²) in [6.45, 7) is 5.37. The van der Waals surface area contributed by atoms with Gasteiger partial charge >= 0.3 is 0 Å². The van der Waals surface area contributed by atoms with Crippen LogP contribution in [0.1, 0.15) is 6.92 Å². The minimum atomic E-state index is 0.00519. The quantitative estimate of drug-likeness (QED) is 0.818. The van der Waals surface area contributed by atoms with E-state index in [4.69, 9.17) is 0 Å². The van der Waals surface area contributed by atoms with Crippen molar-refractivity contribution in [1.82, 2.24) is 10.3 Å². The van der Waals surface area contributed by atoms with Crippen LogP contribution < -0.4 is 10.3 Å². The molecule has 1 amide bonds. The van der Waals surface area contributed by atoms with Crippen molar-refractivity contribution in [2.45, 2.75) is 6.92 Å². The second kappa shape index (κ2) is 6.33. The number of benzene rings is 1. The number of hydrogen-bond acceptors (Lipinski definition) is 3. The Labute approximate surface area is 108 Å². The molecule has 0 unspecified atom stereocenters. The summed E-state index contributed by atoms with van der Waals surface area (Å²) < 4.78 is 0. The summed E-state index contributed by atoms with van der Waals surface area (Å²) in [5.74, 6) is 0.00519. The highest BCUT2D eigenvalue weighted by Gasteiger charge is 2.22. The van der Waals surface area contributed by atoms with Crippen LogP contribution in [0.3, 0.4) is 0 Å². The van der Waals surface area contributed by atoms with Gasteiger partial charge in [0.1, 0.15) is 0 Å². The molecule has 1 aromatic carbocycles. The van der Waals surface area contributed by atoms with Gasteiger partial charge in [-0.05, 0) is 19.1 Å². The van der Waals surface area contributed by atoms with Gasteiger partial charge in [-0.25, -0.2) is 10.0 Å². The Kier molecular flexibility index (Phi) is 4.50. The van der Waals surface area contributed by atoms with Crippen LogP contribution in [0.25, 0.3) is 0 Å². The smallest absolute Gasteiger partial charge is 0.265 e. The van der Waals surface area contributed by atoms with Crippen molar-refractivity contribution in [2.75, 3.05) is 31.2 Å². The number of anilines is 1. The molecule has 1 aromatic rings.